The largest absolute Gasteiger partial charge is 0.386 e. The Morgan fingerprint density at radius 2 is 0.692 bits per heavy atom. The maximum atomic E-state index is 12.3. The van der Waals surface area contributed by atoms with Crippen LogP contribution in [0.3, 0.4) is 0 Å². The Hall–Kier alpha value is -3.80. The lowest BCUT2D eigenvalue weighted by atomic mass is 9.88. The Labute approximate surface area is 141 Å². The molecule has 0 saturated heterocycles. The van der Waals surface area contributed by atoms with Gasteiger partial charge in [0.1, 0.15) is 0 Å². The van der Waals surface area contributed by atoms with Crippen molar-refractivity contribution in [1.82, 2.24) is 0 Å². The molecule has 0 spiro atoms. The molecule has 26 heavy (non-hydrogen) atoms. The first-order valence-electron chi connectivity index (χ1n) is 7.87. The first-order valence-corrected chi connectivity index (χ1v) is 7.87. The van der Waals surface area contributed by atoms with Crippen LogP contribution < -0.4 is 22.5 Å². The average Bonchev–Trinajstić information content (AvgIpc) is 3.10. The highest BCUT2D eigenvalue weighted by Crippen LogP contribution is 2.41. The predicted molar refractivity (Wildman–Crippen MR) is 97.1 cm³/mol. The minimum Gasteiger partial charge on any atom is -0.386 e. The molecule has 0 amide bonds. The Bertz CT molecular complexity index is 1510. The van der Waals surface area contributed by atoms with Gasteiger partial charge in [0.15, 0.2) is 0 Å². The van der Waals surface area contributed by atoms with Gasteiger partial charge in [0.05, 0.1) is 21.5 Å². The van der Waals surface area contributed by atoms with Crippen LogP contribution in [-0.2, 0) is 0 Å². The molecule has 0 unspecified atom stereocenters. The van der Waals surface area contributed by atoms with E-state index in [2.05, 4.69) is 0 Å². The molecule has 0 bridgehead atoms. The molecular formula is C20H6O6. The second-order valence-electron chi connectivity index (χ2n) is 6.31. The summed E-state index contributed by atoms with van der Waals surface area (Å²) < 4.78 is 9.67. The summed E-state index contributed by atoms with van der Waals surface area (Å²) in [7, 11) is 0. The molecule has 0 saturated carbocycles. The molecule has 0 aliphatic carbocycles. The van der Waals surface area contributed by atoms with Crippen molar-refractivity contribution < 1.29 is 8.83 Å². The number of hydrogen-bond acceptors (Lipinski definition) is 6. The SMILES string of the molecule is O=c1oc(=O)c2c3cccc4c5c(=O)oc(=O)c5c5cccc(c12)c5c34. The fraction of sp³-hybridized carbons (Fsp3) is 0. The highest BCUT2D eigenvalue weighted by atomic mass is 16.4. The zero-order valence-corrected chi connectivity index (χ0v) is 12.9. The van der Waals surface area contributed by atoms with Gasteiger partial charge in [-0.25, -0.2) is 19.2 Å². The Morgan fingerprint density at radius 1 is 0.423 bits per heavy atom. The molecule has 122 valence electrons. The molecule has 0 fully saturated rings. The summed E-state index contributed by atoms with van der Waals surface area (Å²) >= 11 is 0. The third-order valence-corrected chi connectivity index (χ3v) is 5.14. The van der Waals surface area contributed by atoms with Crippen molar-refractivity contribution in [2.75, 3.05) is 0 Å². The minimum absolute atomic E-state index is 0.193. The third kappa shape index (κ3) is 1.28. The first kappa shape index (κ1) is 13.5. The van der Waals surface area contributed by atoms with E-state index in [0.29, 0.717) is 32.3 Å². The van der Waals surface area contributed by atoms with Crippen molar-refractivity contribution in [2.24, 2.45) is 0 Å². The zero-order chi connectivity index (χ0) is 17.7. The Balaban J connectivity index is 2.25. The predicted octanol–water partition coefficient (Wildman–Crippen LogP) is 2.39. The van der Waals surface area contributed by atoms with E-state index in [9.17, 15) is 19.2 Å². The molecule has 2 aromatic heterocycles. The first-order chi connectivity index (χ1) is 12.6. The van der Waals surface area contributed by atoms with Crippen molar-refractivity contribution in [3.8, 4) is 0 Å². The maximum Gasteiger partial charge on any atom is 0.347 e. The number of fused-ring (bicyclic) bond motifs is 6. The van der Waals surface area contributed by atoms with Gasteiger partial charge in [-0.2, -0.15) is 0 Å². The molecule has 0 N–H and O–H groups in total. The van der Waals surface area contributed by atoms with E-state index in [1.165, 1.54) is 0 Å². The van der Waals surface area contributed by atoms with Crippen LogP contribution in [0.15, 0.2) is 64.4 Å². The lowest BCUT2D eigenvalue weighted by Gasteiger charge is -2.11. The summed E-state index contributed by atoms with van der Waals surface area (Å²) in [5, 5.41) is 4.15. The second-order valence-corrected chi connectivity index (χ2v) is 6.31. The van der Waals surface area contributed by atoms with Crippen LogP contribution in [0.5, 0.6) is 0 Å². The van der Waals surface area contributed by atoms with E-state index in [1.807, 2.05) is 0 Å². The third-order valence-electron chi connectivity index (χ3n) is 5.14. The van der Waals surface area contributed by atoms with Crippen LogP contribution in [0.2, 0.25) is 0 Å². The Kier molecular flexibility index (Phi) is 2.10. The topological polar surface area (TPSA) is 94.6 Å². The number of rotatable bonds is 0. The lowest BCUT2D eigenvalue weighted by Crippen LogP contribution is -1.97. The van der Waals surface area contributed by atoms with Crippen LogP contribution in [0.25, 0.3) is 53.9 Å². The molecule has 6 rings (SSSR count). The van der Waals surface area contributed by atoms with Crippen molar-refractivity contribution in [3.63, 3.8) is 0 Å². The molecule has 6 heteroatoms. The van der Waals surface area contributed by atoms with E-state index >= 15 is 0 Å². The molecule has 0 radical (unpaired) electrons. The molecule has 0 aliphatic heterocycles. The van der Waals surface area contributed by atoms with Gasteiger partial charge in [-0.15, -0.1) is 0 Å². The van der Waals surface area contributed by atoms with Gasteiger partial charge < -0.3 is 8.83 Å². The Morgan fingerprint density at radius 3 is 0.962 bits per heavy atom. The van der Waals surface area contributed by atoms with Gasteiger partial charge in [-0.3, -0.25) is 0 Å². The summed E-state index contributed by atoms with van der Waals surface area (Å²) in [5.74, 6) is 0. The summed E-state index contributed by atoms with van der Waals surface area (Å²) in [4.78, 5) is 49.2. The van der Waals surface area contributed by atoms with Crippen molar-refractivity contribution in [1.29, 1.82) is 0 Å². The fourth-order valence-electron chi connectivity index (χ4n) is 4.24. The van der Waals surface area contributed by atoms with Crippen LogP contribution >= 0.6 is 0 Å². The molecule has 2 heterocycles. The standard InChI is InChI=1S/C20H6O6/c21-17-13-7-3-1-4-8-11(7)12-9(15(13)19(23)25-17)5-2-6-10(12)16-14(8)18(22)26-20(16)24/h1-6H. The van der Waals surface area contributed by atoms with E-state index in [-0.39, 0.29) is 21.5 Å². The summed E-state index contributed by atoms with van der Waals surface area (Å²) in [6.45, 7) is 0. The number of hydrogen-bond donors (Lipinski definition) is 0. The highest BCUT2D eigenvalue weighted by Gasteiger charge is 2.24. The smallest absolute Gasteiger partial charge is 0.347 e. The minimum atomic E-state index is -0.709. The van der Waals surface area contributed by atoms with Gasteiger partial charge in [0.2, 0.25) is 0 Å². The second kappa shape index (κ2) is 4.05. The average molecular weight is 342 g/mol. The van der Waals surface area contributed by atoms with E-state index in [0.717, 1.165) is 0 Å². The molecule has 4 aromatic carbocycles. The number of furan rings is 2. The summed E-state index contributed by atoms with van der Waals surface area (Å²) in [6, 6.07) is 10.2. The zero-order valence-electron chi connectivity index (χ0n) is 12.9. The van der Waals surface area contributed by atoms with Crippen molar-refractivity contribution in [3.05, 3.63) is 78.1 Å². The van der Waals surface area contributed by atoms with E-state index in [1.54, 1.807) is 36.4 Å². The fourth-order valence-corrected chi connectivity index (χ4v) is 4.24. The van der Waals surface area contributed by atoms with Gasteiger partial charge in [0, 0.05) is 0 Å². The van der Waals surface area contributed by atoms with Gasteiger partial charge in [-0.05, 0) is 32.3 Å². The van der Waals surface area contributed by atoms with Crippen LogP contribution in [0.4, 0.5) is 0 Å². The van der Waals surface area contributed by atoms with Crippen LogP contribution in [0, 0.1) is 0 Å². The summed E-state index contributed by atoms with van der Waals surface area (Å²) in [5.41, 5.74) is -2.84. The lowest BCUT2D eigenvalue weighted by molar-refractivity contribution is 0.500. The molecule has 0 aliphatic rings. The van der Waals surface area contributed by atoms with E-state index < -0.39 is 22.5 Å². The monoisotopic (exact) mass is 342 g/mol. The molecule has 6 aromatic rings. The van der Waals surface area contributed by atoms with Gasteiger partial charge in [-0.1, -0.05) is 36.4 Å². The normalized spacial score (nSPS) is 12.5. The van der Waals surface area contributed by atoms with Crippen molar-refractivity contribution in [2.45, 2.75) is 0 Å². The van der Waals surface area contributed by atoms with Crippen LogP contribution in [0.1, 0.15) is 0 Å². The van der Waals surface area contributed by atoms with E-state index in [4.69, 9.17) is 8.83 Å². The molecule has 0 atom stereocenters. The number of benzene rings is 4. The van der Waals surface area contributed by atoms with Gasteiger partial charge in [0.25, 0.3) is 0 Å². The van der Waals surface area contributed by atoms with Crippen LogP contribution in [-0.4, -0.2) is 0 Å². The van der Waals surface area contributed by atoms with Crippen molar-refractivity contribution >= 4 is 53.9 Å². The quantitative estimate of drug-likeness (QED) is 0.393. The molecule has 6 nitrogen and oxygen atoms in total. The highest BCUT2D eigenvalue weighted by molar-refractivity contribution is 6.39. The maximum absolute atomic E-state index is 12.3. The summed E-state index contributed by atoms with van der Waals surface area (Å²) in [6.07, 6.45) is 0. The van der Waals surface area contributed by atoms with Gasteiger partial charge >= 0.3 is 22.5 Å². The molecular weight excluding hydrogens is 336 g/mol.